The van der Waals surface area contributed by atoms with E-state index in [4.69, 9.17) is 31.4 Å². The van der Waals surface area contributed by atoms with Crippen molar-refractivity contribution in [2.24, 2.45) is 17.2 Å². The van der Waals surface area contributed by atoms with Gasteiger partial charge in [-0.1, -0.05) is 0 Å². The summed E-state index contributed by atoms with van der Waals surface area (Å²) in [4.78, 5) is 92.9. The SMILES string of the molecule is CC(=O)NCCCC[C@@](N)(C(=O)CC[C@@H](NC(=O)[C@H](C)N(C(C)=O)C1O[C@H](CO)[C@@H](O)[C@H](O[C@H](C)C(=O)O)[C@H]1N)C(N)=O)C(=O)Oc1cccnc1. The Balaban J connectivity index is 2.24. The first-order chi connectivity index (χ1) is 24.3. The lowest BCUT2D eigenvalue weighted by molar-refractivity contribution is -0.245. The highest BCUT2D eigenvalue weighted by Gasteiger charge is 2.50. The Hall–Kier alpha value is -4.60. The second kappa shape index (κ2) is 19.9. The number of ether oxygens (including phenoxy) is 3. The minimum absolute atomic E-state index is 0.0235. The summed E-state index contributed by atoms with van der Waals surface area (Å²) < 4.78 is 16.4. The van der Waals surface area contributed by atoms with E-state index in [0.29, 0.717) is 6.42 Å². The van der Waals surface area contributed by atoms with Gasteiger partial charge in [-0.05, 0) is 51.7 Å². The molecule has 1 fully saturated rings. The highest BCUT2D eigenvalue weighted by Crippen LogP contribution is 2.27. The van der Waals surface area contributed by atoms with E-state index in [9.17, 15) is 48.9 Å². The highest BCUT2D eigenvalue weighted by molar-refractivity contribution is 6.09. The largest absolute Gasteiger partial charge is 0.479 e. The number of carboxylic acid groups (broad SMARTS) is 1. The third-order valence-corrected chi connectivity index (χ3v) is 8.46. The molecule has 1 aliphatic heterocycles. The summed E-state index contributed by atoms with van der Waals surface area (Å²) in [6.07, 6.45) is -5.33. The molecule has 1 unspecified atom stereocenters. The van der Waals surface area contributed by atoms with Crippen LogP contribution in [0.5, 0.6) is 5.75 Å². The van der Waals surface area contributed by atoms with E-state index in [-0.39, 0.29) is 31.0 Å². The van der Waals surface area contributed by atoms with Crippen LogP contribution in [-0.2, 0) is 43.0 Å². The van der Waals surface area contributed by atoms with Crippen molar-refractivity contribution in [3.8, 4) is 5.75 Å². The van der Waals surface area contributed by atoms with E-state index in [0.717, 1.165) is 11.8 Å². The molecular weight excluding hydrogens is 690 g/mol. The third kappa shape index (κ3) is 11.7. The number of amides is 4. The fraction of sp³-hybridized carbons (Fsp3) is 0.625. The van der Waals surface area contributed by atoms with Gasteiger partial charge in [0, 0.05) is 33.0 Å². The molecule has 1 aromatic rings. The van der Waals surface area contributed by atoms with Crippen molar-refractivity contribution < 1.29 is 63.1 Å². The minimum atomic E-state index is -2.20. The Morgan fingerprint density at radius 1 is 1.13 bits per heavy atom. The summed E-state index contributed by atoms with van der Waals surface area (Å²) in [6, 6.07) is -1.46. The predicted octanol–water partition coefficient (Wildman–Crippen LogP) is -3.19. The zero-order chi connectivity index (χ0) is 39.3. The predicted molar refractivity (Wildman–Crippen MR) is 178 cm³/mol. The number of pyridine rings is 1. The number of carbonyl (C=O) groups excluding carboxylic acids is 6. The number of unbranched alkanes of at least 4 members (excludes halogenated alkanes) is 1. The number of rotatable bonds is 20. The van der Waals surface area contributed by atoms with Gasteiger partial charge in [0.05, 0.1) is 18.8 Å². The van der Waals surface area contributed by atoms with Crippen LogP contribution in [0.2, 0.25) is 0 Å². The molecule has 1 saturated heterocycles. The summed E-state index contributed by atoms with van der Waals surface area (Å²) in [6.45, 7) is 4.31. The molecule has 52 heavy (non-hydrogen) atoms. The quantitative estimate of drug-likeness (QED) is 0.0371. The molecule has 0 spiro atoms. The van der Waals surface area contributed by atoms with Crippen LogP contribution in [0.15, 0.2) is 24.5 Å². The Morgan fingerprint density at radius 3 is 2.35 bits per heavy atom. The Morgan fingerprint density at radius 2 is 1.81 bits per heavy atom. The molecule has 0 radical (unpaired) electrons. The molecule has 20 nitrogen and oxygen atoms in total. The number of nitrogens with one attached hydrogen (secondary N) is 2. The van der Waals surface area contributed by atoms with Crippen molar-refractivity contribution in [2.45, 2.75) is 114 Å². The van der Waals surface area contributed by atoms with Gasteiger partial charge in [0.15, 0.2) is 23.7 Å². The van der Waals surface area contributed by atoms with Gasteiger partial charge in [0.1, 0.15) is 36.1 Å². The summed E-state index contributed by atoms with van der Waals surface area (Å²) in [5, 5.41) is 34.7. The molecule has 0 bridgehead atoms. The van der Waals surface area contributed by atoms with E-state index in [1.54, 1.807) is 0 Å². The van der Waals surface area contributed by atoms with Gasteiger partial charge < -0.3 is 62.3 Å². The number of hydrogen-bond acceptors (Lipinski definition) is 15. The lowest BCUT2D eigenvalue weighted by Gasteiger charge is -2.48. The van der Waals surface area contributed by atoms with Crippen molar-refractivity contribution in [1.29, 1.82) is 0 Å². The zero-order valence-electron chi connectivity index (χ0n) is 29.4. The fourth-order valence-electron chi connectivity index (χ4n) is 5.45. The smallest absolute Gasteiger partial charge is 0.339 e. The molecule has 4 amide bonds. The highest BCUT2D eigenvalue weighted by atomic mass is 16.6. The lowest BCUT2D eigenvalue weighted by Crippen LogP contribution is -2.70. The molecule has 1 aliphatic rings. The maximum absolute atomic E-state index is 13.5. The van der Waals surface area contributed by atoms with E-state index in [1.807, 2.05) is 0 Å². The number of ketones is 1. The van der Waals surface area contributed by atoms with Crippen LogP contribution in [0.4, 0.5) is 0 Å². The topological polar surface area (TPSA) is 326 Å². The molecule has 20 heteroatoms. The number of nitrogens with zero attached hydrogens (tertiary/aromatic N) is 2. The molecule has 9 atom stereocenters. The Kier molecular flexibility index (Phi) is 16.6. The maximum atomic E-state index is 13.5. The number of Topliss-reactive ketones (excluding diaryl/α,β-unsaturated/α-hetero) is 1. The van der Waals surface area contributed by atoms with Crippen LogP contribution in [0.25, 0.3) is 0 Å². The summed E-state index contributed by atoms with van der Waals surface area (Å²) >= 11 is 0. The van der Waals surface area contributed by atoms with Crippen molar-refractivity contribution in [2.75, 3.05) is 13.2 Å². The number of aromatic nitrogens is 1. The zero-order valence-corrected chi connectivity index (χ0v) is 29.4. The molecule has 290 valence electrons. The van der Waals surface area contributed by atoms with Gasteiger partial charge in [-0.25, -0.2) is 9.59 Å². The molecule has 11 N–H and O–H groups in total. The van der Waals surface area contributed by atoms with E-state index in [2.05, 4.69) is 15.6 Å². The molecule has 2 rings (SSSR count). The monoisotopic (exact) mass is 739 g/mol. The first-order valence-electron chi connectivity index (χ1n) is 16.5. The Labute approximate surface area is 299 Å². The van der Waals surface area contributed by atoms with Crippen LogP contribution in [-0.4, -0.2) is 134 Å². The minimum Gasteiger partial charge on any atom is -0.479 e. The lowest BCUT2D eigenvalue weighted by atomic mass is 9.86. The number of esters is 1. The van der Waals surface area contributed by atoms with Crippen LogP contribution >= 0.6 is 0 Å². The van der Waals surface area contributed by atoms with Gasteiger partial charge in [0.2, 0.25) is 23.6 Å². The summed E-state index contributed by atoms with van der Waals surface area (Å²) in [7, 11) is 0. The van der Waals surface area contributed by atoms with Gasteiger partial charge in [-0.3, -0.25) is 29.0 Å². The van der Waals surface area contributed by atoms with E-state index >= 15 is 0 Å². The number of carbonyl (C=O) groups is 7. The van der Waals surface area contributed by atoms with Gasteiger partial charge >= 0.3 is 11.9 Å². The summed E-state index contributed by atoms with van der Waals surface area (Å²) in [5.41, 5.74) is 16.0. The molecule has 0 saturated carbocycles. The molecule has 0 aromatic carbocycles. The molecular formula is C32H49N7O13. The van der Waals surface area contributed by atoms with Gasteiger partial charge in [0.25, 0.3) is 0 Å². The number of hydrogen-bond donors (Lipinski definition) is 8. The number of aliphatic carboxylic acids is 1. The average Bonchev–Trinajstić information content (AvgIpc) is 3.08. The average molecular weight is 740 g/mol. The van der Waals surface area contributed by atoms with Crippen LogP contribution < -0.4 is 32.6 Å². The van der Waals surface area contributed by atoms with Crippen LogP contribution in [0.3, 0.4) is 0 Å². The fourth-order valence-corrected chi connectivity index (χ4v) is 5.45. The number of aliphatic hydroxyl groups excluding tert-OH is 2. The number of nitrogens with two attached hydrogens (primary N) is 3. The van der Waals surface area contributed by atoms with Crippen LogP contribution in [0.1, 0.15) is 59.8 Å². The molecule has 0 aliphatic carbocycles. The van der Waals surface area contributed by atoms with E-state index in [1.165, 1.54) is 45.3 Å². The standard InChI is InChI=1S/C32H49N7O13/c1-16(39(19(4)42)29-24(33)26(50-17(2)30(47)48)25(44)22(15-40)52-29)28(46)38-21(27(34)45)9-10-23(43)32(35,11-5-6-13-37-18(3)41)31(49)51-20-8-7-12-36-14-20/h7-8,12,14,16-17,21-22,24-26,29,40,44H,5-6,9-11,13,15,33,35H2,1-4H3,(H2,34,45)(H,37,41)(H,38,46)(H,47,48)/t16-,17+,21+,22+,24+,25+,26+,29?,32+/m0/s1. The van der Waals surface area contributed by atoms with Crippen molar-refractivity contribution >= 4 is 41.4 Å². The van der Waals surface area contributed by atoms with Crippen molar-refractivity contribution in [1.82, 2.24) is 20.5 Å². The summed E-state index contributed by atoms with van der Waals surface area (Å²) in [5.74, 6) is -6.35. The second-order valence-corrected chi connectivity index (χ2v) is 12.4. The van der Waals surface area contributed by atoms with E-state index < -0.39 is 109 Å². The van der Waals surface area contributed by atoms with Gasteiger partial charge in [-0.2, -0.15) is 0 Å². The number of primary amides is 1. The first-order valence-corrected chi connectivity index (χ1v) is 16.5. The maximum Gasteiger partial charge on any atom is 0.339 e. The second-order valence-electron chi connectivity index (χ2n) is 12.4. The third-order valence-electron chi connectivity index (χ3n) is 8.46. The normalized spacial score (nSPS) is 22.8. The molecule has 1 aromatic heterocycles. The van der Waals surface area contributed by atoms with Crippen LogP contribution in [0, 0.1) is 0 Å². The number of carboxylic acids is 1. The first kappa shape index (κ1) is 43.6. The van der Waals surface area contributed by atoms with Crippen molar-refractivity contribution in [3.63, 3.8) is 0 Å². The Bertz CT molecular complexity index is 1430. The molecule has 2 heterocycles. The number of aliphatic hydroxyl groups is 2. The van der Waals surface area contributed by atoms with Gasteiger partial charge in [-0.15, -0.1) is 0 Å². The van der Waals surface area contributed by atoms with Crippen molar-refractivity contribution in [3.05, 3.63) is 24.5 Å².